The number of hydrogen-bond acceptors (Lipinski definition) is 5. The summed E-state index contributed by atoms with van der Waals surface area (Å²) in [6.07, 6.45) is -0.956. The lowest BCUT2D eigenvalue weighted by molar-refractivity contribution is -0.385. The van der Waals surface area contributed by atoms with Gasteiger partial charge in [-0.05, 0) is 48.9 Å². The van der Waals surface area contributed by atoms with Crippen molar-refractivity contribution >= 4 is 11.6 Å². The highest BCUT2D eigenvalue weighted by Crippen LogP contribution is 2.36. The van der Waals surface area contributed by atoms with E-state index in [0.717, 1.165) is 0 Å². The third-order valence-corrected chi connectivity index (χ3v) is 4.64. The smallest absolute Gasteiger partial charge is 0.311 e. The molecule has 0 aliphatic heterocycles. The fraction of sp³-hybridized carbons (Fsp3) is 0.174. The Morgan fingerprint density at radius 3 is 2.15 bits per heavy atom. The Kier molecular flexibility index (Phi) is 6.86. The Morgan fingerprint density at radius 1 is 1.00 bits per heavy atom. The molecule has 1 unspecified atom stereocenters. The summed E-state index contributed by atoms with van der Waals surface area (Å²) in [5, 5.41) is 11.4. The number of carbonyl (C=O) groups is 1. The van der Waals surface area contributed by atoms with Gasteiger partial charge in [-0.2, -0.15) is 0 Å². The molecule has 1 amide bonds. The molecule has 1 atom stereocenters. The monoisotopic (exact) mass is 460 g/mol. The molecular weight excluding hydrogens is 441 g/mol. The minimum Gasteiger partial charge on any atom is -0.480 e. The van der Waals surface area contributed by atoms with Gasteiger partial charge >= 0.3 is 5.69 Å². The maximum Gasteiger partial charge on any atom is 0.311 e. The predicted molar refractivity (Wildman–Crippen MR) is 113 cm³/mol. The van der Waals surface area contributed by atoms with Gasteiger partial charge in [-0.15, -0.1) is 0 Å². The molecule has 33 heavy (non-hydrogen) atoms. The van der Waals surface area contributed by atoms with Crippen molar-refractivity contribution in [2.75, 3.05) is 14.1 Å². The molecule has 172 valence electrons. The minimum absolute atomic E-state index is 0.139. The Balaban J connectivity index is 1.88. The fourth-order valence-electron chi connectivity index (χ4n) is 2.95. The van der Waals surface area contributed by atoms with Gasteiger partial charge in [0.05, 0.1) is 4.92 Å². The Labute approximate surface area is 187 Å². The number of rotatable bonds is 7. The average Bonchev–Trinajstić information content (AvgIpc) is 2.75. The van der Waals surface area contributed by atoms with Crippen molar-refractivity contribution in [3.63, 3.8) is 0 Å². The number of ether oxygens (including phenoxy) is 2. The van der Waals surface area contributed by atoms with Gasteiger partial charge in [0, 0.05) is 37.9 Å². The van der Waals surface area contributed by atoms with Gasteiger partial charge in [-0.3, -0.25) is 14.9 Å². The number of amides is 1. The van der Waals surface area contributed by atoms with Crippen LogP contribution >= 0.6 is 0 Å². The van der Waals surface area contributed by atoms with E-state index in [9.17, 15) is 28.1 Å². The number of benzene rings is 3. The second-order valence-electron chi connectivity index (χ2n) is 7.27. The Bertz CT molecular complexity index is 1180. The summed E-state index contributed by atoms with van der Waals surface area (Å²) in [5.74, 6) is -4.43. The van der Waals surface area contributed by atoms with Crippen LogP contribution in [0, 0.1) is 27.6 Å². The zero-order valence-electron chi connectivity index (χ0n) is 17.8. The van der Waals surface area contributed by atoms with E-state index in [0.29, 0.717) is 23.3 Å². The van der Waals surface area contributed by atoms with Crippen LogP contribution in [-0.4, -0.2) is 29.8 Å². The van der Waals surface area contributed by atoms with Crippen LogP contribution in [0.2, 0.25) is 0 Å². The van der Waals surface area contributed by atoms with Crippen molar-refractivity contribution in [2.24, 2.45) is 0 Å². The van der Waals surface area contributed by atoms with E-state index in [4.69, 9.17) is 9.47 Å². The summed E-state index contributed by atoms with van der Waals surface area (Å²) in [5.41, 5.74) is 0.373. The molecule has 0 spiro atoms. The van der Waals surface area contributed by atoms with Crippen molar-refractivity contribution in [1.82, 2.24) is 4.90 Å². The second kappa shape index (κ2) is 9.60. The maximum absolute atomic E-state index is 13.9. The van der Waals surface area contributed by atoms with Crippen LogP contribution in [0.1, 0.15) is 28.9 Å². The SMILES string of the molecule is CC(Oc1c(F)cc(F)cc1F)c1ccc([N+](=O)[O-])c(Oc2ccc(C(=O)N(C)C)cc2)c1. The van der Waals surface area contributed by atoms with Gasteiger partial charge in [0.2, 0.25) is 5.75 Å². The Morgan fingerprint density at radius 2 is 1.61 bits per heavy atom. The fourth-order valence-corrected chi connectivity index (χ4v) is 2.95. The van der Waals surface area contributed by atoms with E-state index in [1.807, 2.05) is 0 Å². The molecule has 0 aromatic heterocycles. The third-order valence-electron chi connectivity index (χ3n) is 4.64. The van der Waals surface area contributed by atoms with Crippen molar-refractivity contribution in [2.45, 2.75) is 13.0 Å². The van der Waals surface area contributed by atoms with E-state index in [1.54, 1.807) is 14.1 Å². The van der Waals surface area contributed by atoms with E-state index < -0.39 is 34.2 Å². The molecule has 0 saturated carbocycles. The van der Waals surface area contributed by atoms with Crippen molar-refractivity contribution < 1.29 is 32.4 Å². The van der Waals surface area contributed by atoms with Gasteiger partial charge in [-0.1, -0.05) is 0 Å². The molecule has 3 aromatic rings. The van der Waals surface area contributed by atoms with Crippen LogP contribution in [0.3, 0.4) is 0 Å². The van der Waals surface area contributed by atoms with E-state index in [1.165, 1.54) is 54.3 Å². The number of nitro groups is 1. The first kappa shape index (κ1) is 23.6. The molecule has 0 aliphatic carbocycles. The first-order valence-corrected chi connectivity index (χ1v) is 9.66. The van der Waals surface area contributed by atoms with Gasteiger partial charge in [0.25, 0.3) is 5.91 Å². The predicted octanol–water partition coefficient (Wildman–Crippen LogP) is 5.65. The lowest BCUT2D eigenvalue weighted by Gasteiger charge is -2.17. The van der Waals surface area contributed by atoms with Crippen molar-refractivity contribution in [1.29, 1.82) is 0 Å². The molecular formula is C23H19F3N2O5. The average molecular weight is 460 g/mol. The Hall–Kier alpha value is -4.08. The summed E-state index contributed by atoms with van der Waals surface area (Å²) < 4.78 is 51.9. The molecule has 0 fully saturated rings. The zero-order valence-corrected chi connectivity index (χ0v) is 17.8. The van der Waals surface area contributed by atoms with Crippen LogP contribution in [-0.2, 0) is 0 Å². The minimum atomic E-state index is -1.22. The first-order chi connectivity index (χ1) is 15.6. The lowest BCUT2D eigenvalue weighted by Crippen LogP contribution is -2.21. The highest BCUT2D eigenvalue weighted by atomic mass is 19.1. The standard InChI is InChI=1S/C23H19F3N2O5/c1-13(32-22-18(25)11-16(24)12-19(22)26)15-6-9-20(28(30)31)21(10-15)33-17-7-4-14(5-8-17)23(29)27(2)3/h4-13H,1-3H3. The molecule has 0 radical (unpaired) electrons. The largest absolute Gasteiger partial charge is 0.480 e. The summed E-state index contributed by atoms with van der Waals surface area (Å²) in [7, 11) is 3.21. The summed E-state index contributed by atoms with van der Waals surface area (Å²) in [6, 6.07) is 10.8. The van der Waals surface area contributed by atoms with Gasteiger partial charge < -0.3 is 14.4 Å². The molecule has 0 heterocycles. The number of nitro benzene ring substituents is 1. The van der Waals surface area contributed by atoms with Crippen LogP contribution in [0.15, 0.2) is 54.6 Å². The molecule has 7 nitrogen and oxygen atoms in total. The lowest BCUT2D eigenvalue weighted by atomic mass is 10.1. The van der Waals surface area contributed by atoms with Crippen LogP contribution in [0.5, 0.6) is 17.2 Å². The molecule has 0 bridgehead atoms. The number of carbonyl (C=O) groups excluding carboxylic acids is 1. The van der Waals surface area contributed by atoms with Crippen molar-refractivity contribution in [3.05, 3.63) is 93.3 Å². The number of halogens is 3. The highest BCUT2D eigenvalue weighted by molar-refractivity contribution is 5.93. The molecule has 0 N–H and O–H groups in total. The third kappa shape index (κ3) is 5.40. The van der Waals surface area contributed by atoms with Crippen LogP contribution in [0.4, 0.5) is 18.9 Å². The van der Waals surface area contributed by atoms with Gasteiger partial charge in [-0.25, -0.2) is 13.2 Å². The summed E-state index contributed by atoms with van der Waals surface area (Å²) >= 11 is 0. The van der Waals surface area contributed by atoms with Crippen LogP contribution < -0.4 is 9.47 Å². The molecule has 10 heteroatoms. The van der Waals surface area contributed by atoms with Crippen LogP contribution in [0.25, 0.3) is 0 Å². The van der Waals surface area contributed by atoms with E-state index >= 15 is 0 Å². The molecule has 3 rings (SSSR count). The molecule has 0 aliphatic rings. The van der Waals surface area contributed by atoms with Gasteiger partial charge in [0.15, 0.2) is 17.4 Å². The second-order valence-corrected chi connectivity index (χ2v) is 7.27. The zero-order chi connectivity index (χ0) is 24.3. The van der Waals surface area contributed by atoms with E-state index in [-0.39, 0.29) is 23.1 Å². The first-order valence-electron chi connectivity index (χ1n) is 9.66. The van der Waals surface area contributed by atoms with Gasteiger partial charge in [0.1, 0.15) is 17.7 Å². The van der Waals surface area contributed by atoms with Crippen molar-refractivity contribution in [3.8, 4) is 17.2 Å². The normalized spacial score (nSPS) is 11.6. The van der Waals surface area contributed by atoms with E-state index in [2.05, 4.69) is 0 Å². The number of hydrogen-bond donors (Lipinski definition) is 0. The highest BCUT2D eigenvalue weighted by Gasteiger charge is 2.22. The topological polar surface area (TPSA) is 81.9 Å². The maximum atomic E-state index is 13.9. The summed E-state index contributed by atoms with van der Waals surface area (Å²) in [4.78, 5) is 24.2. The molecule has 0 saturated heterocycles. The molecule has 3 aromatic carbocycles. The quantitative estimate of drug-likeness (QED) is 0.336. The number of nitrogens with zero attached hydrogens (tertiary/aromatic N) is 2. The summed E-state index contributed by atoms with van der Waals surface area (Å²) in [6.45, 7) is 1.47.